The van der Waals surface area contributed by atoms with Crippen molar-refractivity contribution >= 4 is 0 Å². The lowest BCUT2D eigenvalue weighted by molar-refractivity contribution is 0.366. The SMILES string of the molecule is CC(C)CCC[C@@H](C)C(C)C. The molecule has 68 valence electrons. The highest BCUT2D eigenvalue weighted by molar-refractivity contribution is 4.57. The van der Waals surface area contributed by atoms with Gasteiger partial charge in [0.2, 0.25) is 0 Å². The van der Waals surface area contributed by atoms with Crippen LogP contribution in [0.4, 0.5) is 0 Å². The molecule has 0 fully saturated rings. The maximum Gasteiger partial charge on any atom is -0.0420 e. The molecule has 1 atom stereocenters. The molecule has 0 aromatic rings. The zero-order valence-corrected chi connectivity index (χ0v) is 8.85. The van der Waals surface area contributed by atoms with E-state index in [1.807, 2.05) is 0 Å². The molecule has 0 aliphatic carbocycles. The quantitative estimate of drug-likeness (QED) is 0.562. The second kappa shape index (κ2) is 5.62. The van der Waals surface area contributed by atoms with Crippen LogP contribution in [0.5, 0.6) is 0 Å². The number of hydrogen-bond acceptors (Lipinski definition) is 0. The molecule has 0 heteroatoms. The minimum atomic E-state index is 0.863. The van der Waals surface area contributed by atoms with Gasteiger partial charge in [-0.25, -0.2) is 0 Å². The van der Waals surface area contributed by atoms with Gasteiger partial charge in [-0.15, -0.1) is 0 Å². The summed E-state index contributed by atoms with van der Waals surface area (Å²) in [6.07, 6.45) is 4.23. The van der Waals surface area contributed by atoms with Gasteiger partial charge in [-0.1, -0.05) is 53.9 Å². The molecule has 0 aliphatic rings. The molecule has 0 unspecified atom stereocenters. The molecule has 0 spiro atoms. The lowest BCUT2D eigenvalue weighted by Gasteiger charge is -2.15. The molecule has 0 rings (SSSR count). The Morgan fingerprint density at radius 2 is 1.36 bits per heavy atom. The predicted molar refractivity (Wildman–Crippen MR) is 52.7 cm³/mol. The van der Waals surface area contributed by atoms with Crippen molar-refractivity contribution in [2.24, 2.45) is 17.8 Å². The zero-order valence-electron chi connectivity index (χ0n) is 8.85. The van der Waals surface area contributed by atoms with Crippen LogP contribution in [-0.4, -0.2) is 0 Å². The normalized spacial score (nSPS) is 14.5. The third-order valence-corrected chi connectivity index (χ3v) is 2.58. The van der Waals surface area contributed by atoms with Gasteiger partial charge in [0.05, 0.1) is 0 Å². The van der Waals surface area contributed by atoms with Gasteiger partial charge >= 0.3 is 0 Å². The van der Waals surface area contributed by atoms with E-state index in [1.54, 1.807) is 0 Å². The summed E-state index contributed by atoms with van der Waals surface area (Å²) in [4.78, 5) is 0. The summed E-state index contributed by atoms with van der Waals surface area (Å²) in [6.45, 7) is 11.6. The van der Waals surface area contributed by atoms with Gasteiger partial charge in [0.15, 0.2) is 0 Å². The van der Waals surface area contributed by atoms with Gasteiger partial charge < -0.3 is 0 Å². The van der Waals surface area contributed by atoms with Crippen LogP contribution in [-0.2, 0) is 0 Å². The standard InChI is InChI=1S/C11H24/c1-9(2)7-6-8-11(5)10(3)4/h9-11H,6-8H2,1-5H3/t11-/m1/s1. The fraction of sp³-hybridized carbons (Fsp3) is 1.00. The van der Waals surface area contributed by atoms with Crippen LogP contribution in [0.1, 0.15) is 53.9 Å². The summed E-state index contributed by atoms with van der Waals surface area (Å²) in [5, 5.41) is 0. The average Bonchev–Trinajstić information content (AvgIpc) is 1.86. The average molecular weight is 156 g/mol. The first-order valence-electron chi connectivity index (χ1n) is 5.04. The third-order valence-electron chi connectivity index (χ3n) is 2.58. The molecule has 0 saturated carbocycles. The Morgan fingerprint density at radius 3 is 1.73 bits per heavy atom. The summed E-state index contributed by atoms with van der Waals surface area (Å²) in [7, 11) is 0. The van der Waals surface area contributed by atoms with Crippen molar-refractivity contribution in [2.75, 3.05) is 0 Å². The fourth-order valence-electron chi connectivity index (χ4n) is 1.18. The van der Waals surface area contributed by atoms with Crippen LogP contribution >= 0.6 is 0 Å². The zero-order chi connectivity index (χ0) is 8.85. The molecule has 11 heavy (non-hydrogen) atoms. The molecule has 0 radical (unpaired) electrons. The molecule has 0 bridgehead atoms. The van der Waals surface area contributed by atoms with Gasteiger partial charge in [-0.05, 0) is 17.8 Å². The van der Waals surface area contributed by atoms with Crippen LogP contribution in [0.15, 0.2) is 0 Å². The Hall–Kier alpha value is 0. The monoisotopic (exact) mass is 156 g/mol. The van der Waals surface area contributed by atoms with Crippen molar-refractivity contribution in [3.63, 3.8) is 0 Å². The molecule has 0 aliphatic heterocycles. The summed E-state index contributed by atoms with van der Waals surface area (Å²) < 4.78 is 0. The van der Waals surface area contributed by atoms with Crippen molar-refractivity contribution in [1.29, 1.82) is 0 Å². The topological polar surface area (TPSA) is 0 Å². The summed E-state index contributed by atoms with van der Waals surface area (Å²) in [5.74, 6) is 2.66. The Labute approximate surface area is 72.4 Å². The molecule has 0 aromatic heterocycles. The van der Waals surface area contributed by atoms with Crippen molar-refractivity contribution in [3.05, 3.63) is 0 Å². The van der Waals surface area contributed by atoms with Crippen molar-refractivity contribution in [1.82, 2.24) is 0 Å². The Bertz CT molecular complexity index is 82.0. The highest BCUT2D eigenvalue weighted by Crippen LogP contribution is 2.18. The smallest absolute Gasteiger partial charge is 0.0420 e. The molecule has 0 nitrogen and oxygen atoms in total. The van der Waals surface area contributed by atoms with Crippen LogP contribution in [0.2, 0.25) is 0 Å². The van der Waals surface area contributed by atoms with Crippen LogP contribution in [0.25, 0.3) is 0 Å². The van der Waals surface area contributed by atoms with Crippen LogP contribution in [0.3, 0.4) is 0 Å². The van der Waals surface area contributed by atoms with Crippen molar-refractivity contribution in [3.8, 4) is 0 Å². The first-order valence-corrected chi connectivity index (χ1v) is 5.04. The molecular weight excluding hydrogens is 132 g/mol. The van der Waals surface area contributed by atoms with E-state index in [1.165, 1.54) is 19.3 Å². The second-order valence-corrected chi connectivity index (χ2v) is 4.55. The molecule has 0 aromatic carbocycles. The summed E-state index contributed by atoms with van der Waals surface area (Å²) >= 11 is 0. The minimum absolute atomic E-state index is 0.863. The van der Waals surface area contributed by atoms with Gasteiger partial charge in [0.1, 0.15) is 0 Å². The maximum atomic E-state index is 2.37. The van der Waals surface area contributed by atoms with Gasteiger partial charge in [-0.3, -0.25) is 0 Å². The first-order chi connectivity index (χ1) is 5.04. The van der Waals surface area contributed by atoms with Crippen molar-refractivity contribution < 1.29 is 0 Å². The van der Waals surface area contributed by atoms with Gasteiger partial charge in [-0.2, -0.15) is 0 Å². The lowest BCUT2D eigenvalue weighted by atomic mass is 9.91. The lowest BCUT2D eigenvalue weighted by Crippen LogP contribution is -2.03. The molecule has 0 saturated heterocycles. The van der Waals surface area contributed by atoms with E-state index in [2.05, 4.69) is 34.6 Å². The first kappa shape index (κ1) is 11.0. The van der Waals surface area contributed by atoms with Gasteiger partial charge in [0.25, 0.3) is 0 Å². The van der Waals surface area contributed by atoms with Crippen molar-refractivity contribution in [2.45, 2.75) is 53.9 Å². The molecule has 0 heterocycles. The van der Waals surface area contributed by atoms with Gasteiger partial charge in [0, 0.05) is 0 Å². The highest BCUT2D eigenvalue weighted by atomic mass is 14.1. The minimum Gasteiger partial charge on any atom is -0.0628 e. The summed E-state index contributed by atoms with van der Waals surface area (Å²) in [6, 6.07) is 0. The number of rotatable bonds is 5. The maximum absolute atomic E-state index is 2.37. The Kier molecular flexibility index (Phi) is 5.62. The molecule has 0 N–H and O–H groups in total. The van der Waals surface area contributed by atoms with E-state index in [0.717, 1.165) is 17.8 Å². The Morgan fingerprint density at radius 1 is 0.818 bits per heavy atom. The van der Waals surface area contributed by atoms with E-state index >= 15 is 0 Å². The third kappa shape index (κ3) is 6.40. The predicted octanol–water partition coefficient (Wildman–Crippen LogP) is 4.10. The molecule has 0 amide bonds. The fourth-order valence-corrected chi connectivity index (χ4v) is 1.18. The van der Waals surface area contributed by atoms with E-state index in [4.69, 9.17) is 0 Å². The van der Waals surface area contributed by atoms with E-state index in [9.17, 15) is 0 Å². The van der Waals surface area contributed by atoms with E-state index < -0.39 is 0 Å². The Balaban J connectivity index is 3.24. The highest BCUT2D eigenvalue weighted by Gasteiger charge is 2.06. The second-order valence-electron chi connectivity index (χ2n) is 4.55. The summed E-state index contributed by atoms with van der Waals surface area (Å²) in [5.41, 5.74) is 0. The van der Waals surface area contributed by atoms with E-state index in [0.29, 0.717) is 0 Å². The van der Waals surface area contributed by atoms with Crippen LogP contribution < -0.4 is 0 Å². The largest absolute Gasteiger partial charge is 0.0628 e. The van der Waals surface area contributed by atoms with Crippen LogP contribution in [0, 0.1) is 17.8 Å². The number of hydrogen-bond donors (Lipinski definition) is 0. The molecular formula is C11H24. The van der Waals surface area contributed by atoms with E-state index in [-0.39, 0.29) is 0 Å².